The lowest BCUT2D eigenvalue weighted by Crippen LogP contribution is -2.34. The predicted molar refractivity (Wildman–Crippen MR) is 143 cm³/mol. The molecule has 0 radical (unpaired) electrons. The lowest BCUT2D eigenvalue weighted by atomic mass is 10.1. The second-order valence-corrected chi connectivity index (χ2v) is 11.6. The largest absolute Gasteiger partial charge is 0.369 e. The molecule has 1 aliphatic heterocycles. The van der Waals surface area contributed by atoms with E-state index in [1.165, 1.54) is 29.0 Å². The third-order valence-electron chi connectivity index (χ3n) is 6.07. The molecule has 0 N–H and O–H groups in total. The van der Waals surface area contributed by atoms with E-state index in [1.807, 2.05) is 36.2 Å². The molecule has 1 atom stereocenters. The summed E-state index contributed by atoms with van der Waals surface area (Å²) in [6, 6.07) is 10.1. The van der Waals surface area contributed by atoms with Crippen molar-refractivity contribution in [3.05, 3.63) is 74.9 Å². The molecule has 1 saturated heterocycles. The SMILES string of the molecule is CC(=O)c1cccc(CN2CC[C@H](N(C)c3cc(F)c(S(=O)(=O)Cc4cscn4)cc3Cl)C2)c1.S. The highest BCUT2D eigenvalue weighted by Crippen LogP contribution is 2.34. The highest BCUT2D eigenvalue weighted by Gasteiger charge is 2.29. The van der Waals surface area contributed by atoms with Gasteiger partial charge in [0.15, 0.2) is 15.6 Å². The first-order chi connectivity index (χ1) is 16.1. The van der Waals surface area contributed by atoms with Gasteiger partial charge >= 0.3 is 0 Å². The Balaban J connectivity index is 0.00000342. The van der Waals surface area contributed by atoms with Crippen molar-refractivity contribution in [2.75, 3.05) is 25.0 Å². The summed E-state index contributed by atoms with van der Waals surface area (Å²) in [7, 11) is -2.08. The van der Waals surface area contributed by atoms with Crippen LogP contribution in [-0.2, 0) is 22.1 Å². The first kappa shape index (κ1) is 27.6. The summed E-state index contributed by atoms with van der Waals surface area (Å²) >= 11 is 7.73. The number of Topliss-reactive ketones (excluding diaryl/α,β-unsaturated/α-hetero) is 1. The molecule has 0 unspecified atom stereocenters. The van der Waals surface area contributed by atoms with Crippen LogP contribution in [-0.4, -0.2) is 50.3 Å². The number of sulfone groups is 1. The molecular formula is C24H27ClFN3O3S3. The molecule has 1 aliphatic rings. The first-order valence-corrected chi connectivity index (χ1v) is 13.8. The lowest BCUT2D eigenvalue weighted by Gasteiger charge is -2.28. The maximum atomic E-state index is 14.9. The summed E-state index contributed by atoms with van der Waals surface area (Å²) < 4.78 is 40.4. The number of nitrogens with zero attached hydrogens (tertiary/aromatic N) is 3. The number of aromatic nitrogens is 1. The summed E-state index contributed by atoms with van der Waals surface area (Å²) in [6.07, 6.45) is 0.852. The van der Waals surface area contributed by atoms with Crippen LogP contribution in [0.2, 0.25) is 5.02 Å². The molecule has 0 aliphatic carbocycles. The van der Waals surface area contributed by atoms with E-state index in [-0.39, 0.29) is 36.1 Å². The number of carbonyl (C=O) groups excluding carboxylic acids is 1. The van der Waals surface area contributed by atoms with E-state index in [2.05, 4.69) is 9.88 Å². The number of hydrogen-bond donors (Lipinski definition) is 0. The van der Waals surface area contributed by atoms with Crippen molar-refractivity contribution in [2.24, 2.45) is 0 Å². The number of anilines is 1. The minimum Gasteiger partial charge on any atom is -0.369 e. The summed E-state index contributed by atoms with van der Waals surface area (Å²) in [5, 5.41) is 1.81. The van der Waals surface area contributed by atoms with Gasteiger partial charge in [-0.2, -0.15) is 13.5 Å². The molecule has 3 aromatic rings. The van der Waals surface area contributed by atoms with E-state index >= 15 is 0 Å². The van der Waals surface area contributed by atoms with E-state index in [4.69, 9.17) is 11.6 Å². The minimum atomic E-state index is -3.92. The molecule has 0 bridgehead atoms. The standard InChI is InChI=1S/C24H25ClFN3O3S2.H2S/c1-16(30)18-5-3-4-17(8-18)11-29-7-6-20(12-29)28(2)23-10-22(26)24(9-21(23)25)34(31,32)14-19-13-33-15-27-19;/h3-5,8-10,13,15,20H,6-7,11-12,14H2,1-2H3;1H2/t20-;/m0./s1. The maximum absolute atomic E-state index is 14.9. The van der Waals surface area contributed by atoms with E-state index in [0.29, 0.717) is 23.5 Å². The third-order valence-corrected chi connectivity index (χ3v) is 8.67. The van der Waals surface area contributed by atoms with Crippen molar-refractivity contribution >= 4 is 57.7 Å². The molecule has 0 saturated carbocycles. The zero-order valence-electron chi connectivity index (χ0n) is 19.4. The number of carbonyl (C=O) groups is 1. The molecule has 0 amide bonds. The topological polar surface area (TPSA) is 70.6 Å². The Kier molecular flexibility index (Phi) is 8.98. The van der Waals surface area contributed by atoms with Crippen LogP contribution in [0.4, 0.5) is 10.1 Å². The second kappa shape index (κ2) is 11.4. The van der Waals surface area contributed by atoms with E-state index in [0.717, 1.165) is 25.1 Å². The number of hydrogen-bond acceptors (Lipinski definition) is 7. The van der Waals surface area contributed by atoms with E-state index in [9.17, 15) is 17.6 Å². The van der Waals surface area contributed by atoms with Crippen LogP contribution in [0.3, 0.4) is 0 Å². The highest BCUT2D eigenvalue weighted by molar-refractivity contribution is 7.90. The molecule has 6 nitrogen and oxygen atoms in total. The second-order valence-electron chi connectivity index (χ2n) is 8.52. The van der Waals surface area contributed by atoms with Crippen LogP contribution in [0.5, 0.6) is 0 Å². The fraction of sp³-hybridized carbons (Fsp3) is 0.333. The molecule has 1 aromatic heterocycles. The van der Waals surface area contributed by atoms with Crippen LogP contribution >= 0.6 is 36.4 Å². The average Bonchev–Trinajstić information content (AvgIpc) is 3.46. The minimum absolute atomic E-state index is 0. The summed E-state index contributed by atoms with van der Waals surface area (Å²) in [4.78, 5) is 19.4. The van der Waals surface area contributed by atoms with Crippen molar-refractivity contribution in [3.8, 4) is 0 Å². The molecule has 35 heavy (non-hydrogen) atoms. The molecule has 4 rings (SSSR count). The van der Waals surface area contributed by atoms with Crippen LogP contribution < -0.4 is 4.90 Å². The Morgan fingerprint density at radius 1 is 1.31 bits per heavy atom. The average molecular weight is 556 g/mol. The van der Waals surface area contributed by atoms with Crippen LogP contribution in [0.1, 0.15) is 35.0 Å². The maximum Gasteiger partial charge on any atom is 0.187 e. The molecule has 0 spiro atoms. The Morgan fingerprint density at radius 3 is 2.77 bits per heavy atom. The Labute approximate surface area is 221 Å². The van der Waals surface area contributed by atoms with Crippen LogP contribution in [0.25, 0.3) is 0 Å². The van der Waals surface area contributed by atoms with Gasteiger partial charge in [0.05, 0.1) is 27.7 Å². The monoisotopic (exact) mass is 555 g/mol. The fourth-order valence-electron chi connectivity index (χ4n) is 4.22. The quantitative estimate of drug-likeness (QED) is 0.367. The molecule has 2 aromatic carbocycles. The van der Waals surface area contributed by atoms with Crippen LogP contribution in [0, 0.1) is 5.82 Å². The molecule has 188 valence electrons. The zero-order chi connectivity index (χ0) is 24.5. The number of likely N-dealkylation sites (tertiary alicyclic amines) is 1. The first-order valence-electron chi connectivity index (χ1n) is 10.8. The van der Waals surface area contributed by atoms with Gasteiger partial charge in [-0.05, 0) is 31.0 Å². The predicted octanol–water partition coefficient (Wildman–Crippen LogP) is 4.94. The number of rotatable bonds is 8. The summed E-state index contributed by atoms with van der Waals surface area (Å²) in [5.74, 6) is -1.16. The number of benzene rings is 2. The third kappa shape index (κ3) is 6.42. The molecule has 1 fully saturated rings. The molecule has 11 heteroatoms. The van der Waals surface area contributed by atoms with Crippen molar-refractivity contribution in [1.82, 2.24) is 9.88 Å². The van der Waals surface area contributed by atoms with Crippen LogP contribution in [0.15, 0.2) is 52.2 Å². The molecular weight excluding hydrogens is 529 g/mol. The molecule has 2 heterocycles. The van der Waals surface area contributed by atoms with Gasteiger partial charge in [-0.15, -0.1) is 11.3 Å². The normalized spacial score (nSPS) is 16.2. The van der Waals surface area contributed by atoms with Gasteiger partial charge in [0, 0.05) is 49.7 Å². The van der Waals surface area contributed by atoms with Gasteiger partial charge in [0.1, 0.15) is 10.7 Å². The van der Waals surface area contributed by atoms with Gasteiger partial charge in [-0.3, -0.25) is 9.69 Å². The van der Waals surface area contributed by atoms with Crippen molar-refractivity contribution in [3.63, 3.8) is 0 Å². The van der Waals surface area contributed by atoms with Gasteiger partial charge < -0.3 is 4.90 Å². The van der Waals surface area contributed by atoms with Crippen molar-refractivity contribution in [1.29, 1.82) is 0 Å². The fourth-order valence-corrected chi connectivity index (χ4v) is 6.61. The summed E-state index contributed by atoms with van der Waals surface area (Å²) in [6.45, 7) is 3.85. The van der Waals surface area contributed by atoms with Gasteiger partial charge in [-0.25, -0.2) is 17.8 Å². The number of halogens is 2. The Hall–Kier alpha value is -1.98. The number of ketones is 1. The van der Waals surface area contributed by atoms with Gasteiger partial charge in [0.2, 0.25) is 0 Å². The van der Waals surface area contributed by atoms with E-state index < -0.39 is 20.5 Å². The van der Waals surface area contributed by atoms with Crippen molar-refractivity contribution < 1.29 is 17.6 Å². The zero-order valence-corrected chi connectivity index (χ0v) is 22.8. The number of likely N-dealkylation sites (N-methyl/N-ethyl adjacent to an activating group) is 1. The smallest absolute Gasteiger partial charge is 0.187 e. The number of thiazole rings is 1. The van der Waals surface area contributed by atoms with Crippen molar-refractivity contribution in [2.45, 2.75) is 36.6 Å². The highest BCUT2D eigenvalue weighted by atomic mass is 35.5. The van der Waals surface area contributed by atoms with Gasteiger partial charge in [0.25, 0.3) is 0 Å². The van der Waals surface area contributed by atoms with E-state index in [1.54, 1.807) is 12.3 Å². The lowest BCUT2D eigenvalue weighted by molar-refractivity contribution is 0.101. The summed E-state index contributed by atoms with van der Waals surface area (Å²) in [5.41, 5.74) is 4.13. The Morgan fingerprint density at radius 2 is 2.09 bits per heavy atom. The van der Waals surface area contributed by atoms with Gasteiger partial charge in [-0.1, -0.05) is 29.8 Å². The Bertz CT molecular complexity index is 1300.